The van der Waals surface area contributed by atoms with Gasteiger partial charge in [0.15, 0.2) is 24.1 Å². The van der Waals surface area contributed by atoms with E-state index in [0.717, 1.165) is 12.1 Å². The number of anilines is 1. The SMILES string of the molecule is CN1CC(C=O)[n+]2cnc3c(ncn3[C@@H]3O[C@H](CO)[C@@H](O)[C@H]3O)c21. The van der Waals surface area contributed by atoms with Crippen molar-refractivity contribution in [2.75, 3.05) is 25.1 Å². The van der Waals surface area contributed by atoms with Crippen LogP contribution in [0.3, 0.4) is 0 Å². The van der Waals surface area contributed by atoms with E-state index in [1.807, 2.05) is 11.9 Å². The molecule has 0 radical (unpaired) electrons. The maximum absolute atomic E-state index is 11.2. The smallest absolute Gasteiger partial charge is 0.256 e. The Kier molecular flexibility index (Phi) is 3.49. The molecule has 0 saturated carbocycles. The highest BCUT2D eigenvalue weighted by Gasteiger charge is 2.45. The van der Waals surface area contributed by atoms with Gasteiger partial charge in [-0.1, -0.05) is 4.98 Å². The molecule has 2 aromatic rings. The third-order valence-electron chi connectivity index (χ3n) is 4.66. The lowest BCUT2D eigenvalue weighted by Gasteiger charge is -2.15. The van der Waals surface area contributed by atoms with Crippen molar-refractivity contribution in [3.8, 4) is 0 Å². The molecule has 0 aliphatic carbocycles. The number of likely N-dealkylation sites (N-methyl/N-ethyl adjacent to an activating group) is 1. The first-order chi connectivity index (χ1) is 11.6. The van der Waals surface area contributed by atoms with Gasteiger partial charge in [-0.3, -0.25) is 14.3 Å². The van der Waals surface area contributed by atoms with Gasteiger partial charge in [0.05, 0.1) is 13.7 Å². The van der Waals surface area contributed by atoms with E-state index < -0.39 is 31.1 Å². The maximum atomic E-state index is 11.2. The highest BCUT2D eigenvalue weighted by atomic mass is 16.6. The zero-order chi connectivity index (χ0) is 17.0. The Balaban J connectivity index is 1.80. The molecule has 24 heavy (non-hydrogen) atoms. The van der Waals surface area contributed by atoms with Crippen LogP contribution in [0.25, 0.3) is 11.2 Å². The van der Waals surface area contributed by atoms with Crippen LogP contribution in [0.1, 0.15) is 12.3 Å². The van der Waals surface area contributed by atoms with Crippen LogP contribution in [0.4, 0.5) is 5.82 Å². The first-order valence-corrected chi connectivity index (χ1v) is 7.62. The molecule has 3 N–H and O–H groups in total. The topological polar surface area (TPSA) is 125 Å². The van der Waals surface area contributed by atoms with Gasteiger partial charge in [-0.05, 0) is 0 Å². The molecule has 0 amide bonds. The molecule has 4 heterocycles. The summed E-state index contributed by atoms with van der Waals surface area (Å²) in [5.41, 5.74) is 1.04. The number of aliphatic hydroxyl groups is 3. The average molecular weight is 336 g/mol. The second kappa shape index (κ2) is 5.45. The summed E-state index contributed by atoms with van der Waals surface area (Å²) in [6.45, 7) is 0.134. The minimum atomic E-state index is -1.21. The number of hydrogen-bond donors (Lipinski definition) is 3. The number of nitrogens with zero attached hydrogens (tertiary/aromatic N) is 5. The zero-order valence-corrected chi connectivity index (χ0v) is 12.9. The average Bonchev–Trinajstić information content (AvgIpc) is 3.23. The molecule has 5 atom stereocenters. The van der Waals surface area contributed by atoms with Gasteiger partial charge in [-0.2, -0.15) is 0 Å². The number of carbonyl (C=O) groups excluding carboxylic acids is 1. The molecule has 1 saturated heterocycles. The van der Waals surface area contributed by atoms with Gasteiger partial charge in [-0.25, -0.2) is 9.55 Å². The Morgan fingerprint density at radius 3 is 2.88 bits per heavy atom. The minimum Gasteiger partial charge on any atom is -0.394 e. The van der Waals surface area contributed by atoms with Crippen molar-refractivity contribution in [3.05, 3.63) is 12.7 Å². The summed E-state index contributed by atoms with van der Waals surface area (Å²) in [5.74, 6) is 0.752. The van der Waals surface area contributed by atoms with Gasteiger partial charge >= 0.3 is 0 Å². The lowest BCUT2D eigenvalue weighted by molar-refractivity contribution is -0.683. The van der Waals surface area contributed by atoms with Crippen molar-refractivity contribution < 1.29 is 29.4 Å². The Labute approximate surface area is 136 Å². The van der Waals surface area contributed by atoms with Gasteiger partial charge in [-0.15, -0.1) is 0 Å². The summed E-state index contributed by atoms with van der Waals surface area (Å²) in [6, 6.07) is -0.319. The van der Waals surface area contributed by atoms with Crippen LogP contribution in [-0.2, 0) is 9.53 Å². The molecule has 1 unspecified atom stereocenters. The van der Waals surface area contributed by atoms with E-state index in [1.165, 1.54) is 10.9 Å². The third-order valence-corrected chi connectivity index (χ3v) is 4.66. The van der Waals surface area contributed by atoms with Gasteiger partial charge in [0, 0.05) is 0 Å². The summed E-state index contributed by atoms with van der Waals surface area (Å²) >= 11 is 0. The molecular formula is C14H18N5O5+. The number of ether oxygens (including phenoxy) is 1. The van der Waals surface area contributed by atoms with Gasteiger partial charge < -0.3 is 20.1 Å². The van der Waals surface area contributed by atoms with Crippen LogP contribution < -0.4 is 9.47 Å². The molecule has 0 bridgehead atoms. The Hall–Kier alpha value is -2.14. The lowest BCUT2D eigenvalue weighted by Crippen LogP contribution is -2.38. The molecule has 10 nitrogen and oxygen atoms in total. The van der Waals surface area contributed by atoms with E-state index in [4.69, 9.17) is 4.74 Å². The Bertz CT molecular complexity index is 795. The van der Waals surface area contributed by atoms with Crippen LogP contribution in [0.15, 0.2) is 12.7 Å². The number of fused-ring (bicyclic) bond motifs is 3. The Morgan fingerprint density at radius 1 is 1.42 bits per heavy atom. The second-order valence-corrected chi connectivity index (χ2v) is 6.11. The highest BCUT2D eigenvalue weighted by Crippen LogP contribution is 2.33. The van der Waals surface area contributed by atoms with Crippen molar-refractivity contribution in [3.63, 3.8) is 0 Å². The second-order valence-electron chi connectivity index (χ2n) is 6.11. The predicted molar refractivity (Wildman–Crippen MR) is 79.1 cm³/mol. The number of aliphatic hydroxyl groups excluding tert-OH is 3. The monoisotopic (exact) mass is 336 g/mol. The van der Waals surface area contributed by atoms with Crippen molar-refractivity contribution >= 4 is 23.3 Å². The van der Waals surface area contributed by atoms with Crippen LogP contribution in [-0.4, -0.2) is 74.7 Å². The Morgan fingerprint density at radius 2 is 2.21 bits per heavy atom. The fourth-order valence-electron chi connectivity index (χ4n) is 3.41. The van der Waals surface area contributed by atoms with Gasteiger partial charge in [0.25, 0.3) is 5.82 Å². The minimum absolute atomic E-state index is 0.319. The number of aldehydes is 1. The molecule has 0 aromatic carbocycles. The first-order valence-electron chi connectivity index (χ1n) is 7.62. The summed E-state index contributed by atoms with van der Waals surface area (Å²) in [5, 5.41) is 29.3. The zero-order valence-electron chi connectivity index (χ0n) is 12.9. The van der Waals surface area contributed by atoms with E-state index in [1.54, 1.807) is 10.9 Å². The van der Waals surface area contributed by atoms with Crippen LogP contribution >= 0.6 is 0 Å². The molecule has 2 aromatic heterocycles. The van der Waals surface area contributed by atoms with E-state index in [2.05, 4.69) is 9.97 Å². The molecule has 2 aliphatic heterocycles. The number of rotatable bonds is 3. The van der Waals surface area contributed by atoms with E-state index in [-0.39, 0.29) is 6.04 Å². The van der Waals surface area contributed by atoms with Crippen molar-refractivity contribution in [2.45, 2.75) is 30.6 Å². The fourth-order valence-corrected chi connectivity index (χ4v) is 3.41. The standard InChI is InChI=1S/C14H18N5O5/c1-17-2-7(3-20)18-6-16-12-9(13(17)18)15-5-19(12)14-11(23)10(22)8(4-21)24-14/h3,5-8,10-11,14,21-23H,2,4H2,1H3/q+1/t7?,8-,10-,11-,14-/m1/s1. The quantitative estimate of drug-likeness (QED) is 0.416. The van der Waals surface area contributed by atoms with E-state index in [9.17, 15) is 20.1 Å². The van der Waals surface area contributed by atoms with E-state index in [0.29, 0.717) is 17.7 Å². The molecule has 10 heteroatoms. The predicted octanol–water partition coefficient (Wildman–Crippen LogP) is -2.48. The lowest BCUT2D eigenvalue weighted by atomic mass is 10.1. The maximum Gasteiger partial charge on any atom is 0.256 e. The third kappa shape index (κ3) is 1.97. The molecule has 4 rings (SSSR count). The number of hydrogen-bond acceptors (Lipinski definition) is 8. The van der Waals surface area contributed by atoms with E-state index >= 15 is 0 Å². The molecule has 128 valence electrons. The summed E-state index contributed by atoms with van der Waals surface area (Å²) in [7, 11) is 1.86. The molecule has 1 fully saturated rings. The number of aromatic nitrogens is 4. The van der Waals surface area contributed by atoms with Crippen LogP contribution in [0, 0.1) is 0 Å². The van der Waals surface area contributed by atoms with Gasteiger partial charge in [0.1, 0.15) is 31.2 Å². The van der Waals surface area contributed by atoms with Gasteiger partial charge in [0.2, 0.25) is 12.0 Å². The molecular weight excluding hydrogens is 318 g/mol. The summed E-state index contributed by atoms with van der Waals surface area (Å²) in [6.07, 6.45) is -0.268. The molecule has 0 spiro atoms. The van der Waals surface area contributed by atoms with Crippen molar-refractivity contribution in [2.24, 2.45) is 0 Å². The largest absolute Gasteiger partial charge is 0.394 e. The van der Waals surface area contributed by atoms with Crippen LogP contribution in [0.5, 0.6) is 0 Å². The summed E-state index contributed by atoms with van der Waals surface area (Å²) in [4.78, 5) is 21.8. The first kappa shape index (κ1) is 15.4. The van der Waals surface area contributed by atoms with Crippen LogP contribution in [0.2, 0.25) is 0 Å². The molecule has 2 aliphatic rings. The number of carbonyl (C=O) groups is 1. The number of imidazole rings is 1. The summed E-state index contributed by atoms with van der Waals surface area (Å²) < 4.78 is 8.82. The van der Waals surface area contributed by atoms with Crippen molar-refractivity contribution in [1.29, 1.82) is 0 Å². The highest BCUT2D eigenvalue weighted by molar-refractivity contribution is 5.82. The van der Waals surface area contributed by atoms with Crippen molar-refractivity contribution in [1.82, 2.24) is 14.5 Å². The normalized spacial score (nSPS) is 32.5. The fraction of sp³-hybridized carbons (Fsp3) is 0.571.